The maximum Gasteiger partial charge on any atom is 0.307 e. The Morgan fingerprint density at radius 2 is 2.23 bits per heavy atom. The first-order valence-corrected chi connectivity index (χ1v) is 3.89. The summed E-state index contributed by atoms with van der Waals surface area (Å²) in [6, 6.07) is 0. The average Bonchev–Trinajstić information content (AvgIpc) is 2.84. The summed E-state index contributed by atoms with van der Waals surface area (Å²) in [5.41, 5.74) is 0.176. The number of aliphatic carboxylic acids is 1. The van der Waals surface area contributed by atoms with Crippen LogP contribution in [0.3, 0.4) is 0 Å². The van der Waals surface area contributed by atoms with Crippen LogP contribution in [0.5, 0.6) is 0 Å². The van der Waals surface area contributed by atoms with Gasteiger partial charge in [0.15, 0.2) is 0 Å². The van der Waals surface area contributed by atoms with Gasteiger partial charge < -0.3 is 5.11 Å². The van der Waals surface area contributed by atoms with E-state index in [1.807, 2.05) is 0 Å². The summed E-state index contributed by atoms with van der Waals surface area (Å²) in [6.45, 7) is 0. The third-order valence-electron chi connectivity index (χ3n) is 2.14. The lowest BCUT2D eigenvalue weighted by Crippen LogP contribution is -2.02. The maximum absolute atomic E-state index is 13.0. The summed E-state index contributed by atoms with van der Waals surface area (Å²) >= 11 is 0. The van der Waals surface area contributed by atoms with Gasteiger partial charge >= 0.3 is 5.97 Å². The monoisotopic (exact) mass is 182 g/mol. The molecule has 1 aromatic heterocycles. The summed E-state index contributed by atoms with van der Waals surface area (Å²) in [4.78, 5) is 17.7. The number of aromatic nitrogens is 2. The van der Waals surface area contributed by atoms with Gasteiger partial charge in [-0.15, -0.1) is 0 Å². The zero-order valence-electron chi connectivity index (χ0n) is 6.64. The van der Waals surface area contributed by atoms with E-state index in [0.29, 0.717) is 6.42 Å². The van der Waals surface area contributed by atoms with Crippen molar-refractivity contribution in [2.24, 2.45) is 5.92 Å². The van der Waals surface area contributed by atoms with Crippen molar-refractivity contribution < 1.29 is 14.3 Å². The van der Waals surface area contributed by atoms with Crippen molar-refractivity contribution in [1.29, 1.82) is 0 Å². The molecule has 2 rings (SSSR count). The minimum atomic E-state index is -0.893. The van der Waals surface area contributed by atoms with Crippen molar-refractivity contribution in [3.8, 4) is 0 Å². The Balaban J connectivity index is 2.21. The molecule has 5 heteroatoms. The van der Waals surface area contributed by atoms with E-state index in [1.54, 1.807) is 0 Å². The molecule has 1 aliphatic rings. The normalized spacial score (nSPS) is 25.6. The van der Waals surface area contributed by atoms with Crippen LogP contribution in [0, 0.1) is 11.9 Å². The number of hydrogen-bond acceptors (Lipinski definition) is 3. The number of hydrogen-bond donors (Lipinski definition) is 1. The summed E-state index contributed by atoms with van der Waals surface area (Å²) in [5.74, 6) is -2.32. The Labute approximate surface area is 73.4 Å². The predicted octanol–water partition coefficient (Wildman–Crippen LogP) is 0.804. The molecule has 0 amide bonds. The van der Waals surface area contributed by atoms with Crippen LogP contribution < -0.4 is 0 Å². The van der Waals surface area contributed by atoms with Gasteiger partial charge in [-0.3, -0.25) is 9.78 Å². The molecule has 68 valence electrons. The largest absolute Gasteiger partial charge is 0.481 e. The predicted molar refractivity (Wildman–Crippen MR) is 40.5 cm³/mol. The van der Waals surface area contributed by atoms with Crippen LogP contribution in [-0.2, 0) is 4.79 Å². The number of carbonyl (C=O) groups is 1. The third kappa shape index (κ3) is 1.37. The fraction of sp³-hybridized carbons (Fsp3) is 0.375. The standard InChI is InChI=1S/C8H7FN2O2/c9-7-6(10-1-2-11-7)4-3-5(4)8(12)13/h1-2,4-5H,3H2,(H,12,13)/t4-,5-/m0/s1. The highest BCUT2D eigenvalue weighted by atomic mass is 19.1. The number of rotatable bonds is 2. The molecular formula is C8H7FN2O2. The summed E-state index contributed by atoms with van der Waals surface area (Å²) < 4.78 is 13.0. The van der Waals surface area contributed by atoms with Crippen LogP contribution in [0.15, 0.2) is 12.4 Å². The first kappa shape index (κ1) is 8.10. The molecule has 1 aromatic rings. The molecule has 0 spiro atoms. The fourth-order valence-corrected chi connectivity index (χ4v) is 1.35. The number of carboxylic acid groups (broad SMARTS) is 1. The van der Waals surface area contributed by atoms with E-state index in [0.717, 1.165) is 0 Å². The van der Waals surface area contributed by atoms with Gasteiger partial charge in [-0.2, -0.15) is 4.39 Å². The molecule has 1 saturated carbocycles. The van der Waals surface area contributed by atoms with E-state index in [-0.39, 0.29) is 11.6 Å². The van der Waals surface area contributed by atoms with E-state index in [2.05, 4.69) is 9.97 Å². The highest BCUT2D eigenvalue weighted by molar-refractivity contribution is 5.75. The van der Waals surface area contributed by atoms with Crippen LogP contribution in [0.2, 0.25) is 0 Å². The molecule has 13 heavy (non-hydrogen) atoms. The van der Waals surface area contributed by atoms with Crippen molar-refractivity contribution >= 4 is 5.97 Å². The van der Waals surface area contributed by atoms with E-state index >= 15 is 0 Å². The van der Waals surface area contributed by atoms with Gasteiger partial charge in [0, 0.05) is 18.3 Å². The number of nitrogens with zero attached hydrogens (tertiary/aromatic N) is 2. The lowest BCUT2D eigenvalue weighted by molar-refractivity contribution is -0.138. The molecule has 4 nitrogen and oxygen atoms in total. The molecule has 1 aliphatic carbocycles. The molecule has 0 bridgehead atoms. The minimum absolute atomic E-state index is 0.176. The zero-order chi connectivity index (χ0) is 9.42. The highest BCUT2D eigenvalue weighted by Crippen LogP contribution is 2.47. The van der Waals surface area contributed by atoms with E-state index in [9.17, 15) is 9.18 Å². The molecule has 1 N–H and O–H groups in total. The zero-order valence-corrected chi connectivity index (χ0v) is 6.64. The molecule has 2 atom stereocenters. The second-order valence-electron chi connectivity index (χ2n) is 3.02. The Hall–Kier alpha value is -1.52. The quantitative estimate of drug-likeness (QED) is 0.734. The Kier molecular flexibility index (Phi) is 1.72. The van der Waals surface area contributed by atoms with E-state index in [1.165, 1.54) is 12.4 Å². The molecule has 1 heterocycles. The summed E-state index contributed by atoms with van der Waals surface area (Å²) in [5, 5.41) is 8.61. The topological polar surface area (TPSA) is 63.1 Å². The van der Waals surface area contributed by atoms with Gasteiger partial charge in [0.05, 0.1) is 11.6 Å². The highest BCUT2D eigenvalue weighted by Gasteiger charge is 2.46. The van der Waals surface area contributed by atoms with E-state index < -0.39 is 17.8 Å². The average molecular weight is 182 g/mol. The van der Waals surface area contributed by atoms with Crippen molar-refractivity contribution in [3.05, 3.63) is 24.0 Å². The second-order valence-corrected chi connectivity index (χ2v) is 3.02. The van der Waals surface area contributed by atoms with Crippen molar-refractivity contribution in [3.63, 3.8) is 0 Å². The van der Waals surface area contributed by atoms with Crippen LogP contribution in [0.4, 0.5) is 4.39 Å². The van der Waals surface area contributed by atoms with Gasteiger partial charge in [-0.25, -0.2) is 4.98 Å². The molecule has 0 aliphatic heterocycles. The first-order chi connectivity index (χ1) is 6.20. The molecule has 0 saturated heterocycles. The summed E-state index contributed by atoms with van der Waals surface area (Å²) in [6.07, 6.45) is 3.08. The van der Waals surface area contributed by atoms with Gasteiger partial charge in [-0.1, -0.05) is 0 Å². The lowest BCUT2D eigenvalue weighted by Gasteiger charge is -1.96. The SMILES string of the molecule is O=C(O)[C@H]1C[C@@H]1c1nccnc1F. The van der Waals surface area contributed by atoms with Gasteiger partial charge in [-0.05, 0) is 6.42 Å². The number of halogens is 1. The van der Waals surface area contributed by atoms with Gasteiger partial charge in [0.2, 0.25) is 5.95 Å². The van der Waals surface area contributed by atoms with Crippen LogP contribution in [0.1, 0.15) is 18.0 Å². The van der Waals surface area contributed by atoms with Gasteiger partial charge in [0.25, 0.3) is 0 Å². The fourth-order valence-electron chi connectivity index (χ4n) is 1.35. The van der Waals surface area contributed by atoms with Gasteiger partial charge in [0.1, 0.15) is 0 Å². The Morgan fingerprint density at radius 3 is 2.77 bits per heavy atom. The smallest absolute Gasteiger partial charge is 0.307 e. The number of carboxylic acids is 1. The van der Waals surface area contributed by atoms with Crippen LogP contribution in [-0.4, -0.2) is 21.0 Å². The van der Waals surface area contributed by atoms with E-state index in [4.69, 9.17) is 5.11 Å². The van der Waals surface area contributed by atoms with Crippen molar-refractivity contribution in [2.75, 3.05) is 0 Å². The summed E-state index contributed by atoms with van der Waals surface area (Å²) in [7, 11) is 0. The van der Waals surface area contributed by atoms with Crippen LogP contribution >= 0.6 is 0 Å². The lowest BCUT2D eigenvalue weighted by atomic mass is 10.2. The van der Waals surface area contributed by atoms with Crippen molar-refractivity contribution in [1.82, 2.24) is 9.97 Å². The Morgan fingerprint density at radius 1 is 1.54 bits per heavy atom. The molecule has 0 unspecified atom stereocenters. The minimum Gasteiger partial charge on any atom is -0.481 e. The second kappa shape index (κ2) is 2.76. The molecular weight excluding hydrogens is 175 g/mol. The Bertz CT molecular complexity index is 356. The first-order valence-electron chi connectivity index (χ1n) is 3.89. The maximum atomic E-state index is 13.0. The van der Waals surface area contributed by atoms with Crippen LogP contribution in [0.25, 0.3) is 0 Å². The molecule has 0 aromatic carbocycles. The molecule has 0 radical (unpaired) electrons. The molecule has 1 fully saturated rings. The third-order valence-corrected chi connectivity index (χ3v) is 2.14. The van der Waals surface area contributed by atoms with Crippen molar-refractivity contribution in [2.45, 2.75) is 12.3 Å².